The second-order valence-corrected chi connectivity index (χ2v) is 25.5. The van der Waals surface area contributed by atoms with Crippen LogP contribution in [0, 0.1) is 26.7 Å². The van der Waals surface area contributed by atoms with Gasteiger partial charge in [-0.05, 0) is 100 Å². The topological polar surface area (TPSA) is 176 Å². The van der Waals surface area contributed by atoms with Crippen LogP contribution < -0.4 is 14.2 Å². The minimum atomic E-state index is -0.856. The molecule has 0 saturated carbocycles. The standard InChI is InChI=1S/C75H120O14/c1-10-12-14-16-18-20-22-24-26-28-30-35-39-43-67(77)84-54-63(55-85-68(78)44-40-36-31-29-27-25-23-21-19-17-15-13-11-2)88-70(80)50-58(4)42-38-34-32-33-37-41-45-69(79)89-72-59(5)51-62(52-60(72)6)53-86-74-64(48-46-57(3)47-49-66(76)82-8)73(83-9)61(7)65-56-87-75(81)71(65)74/h46,51-52,58,63H,10-45,47-50,53-56H2,1-9H3/b57-46+. The van der Waals surface area contributed by atoms with Gasteiger partial charge in [-0.25, -0.2) is 4.79 Å². The molecule has 1 heterocycles. The first kappa shape index (κ1) is 77.8. The maximum Gasteiger partial charge on any atom is 0.342 e. The Balaban J connectivity index is 1.39. The predicted molar refractivity (Wildman–Crippen MR) is 355 cm³/mol. The van der Waals surface area contributed by atoms with E-state index in [1.54, 1.807) is 7.11 Å². The summed E-state index contributed by atoms with van der Waals surface area (Å²) in [5, 5.41) is 0. The summed E-state index contributed by atoms with van der Waals surface area (Å²) >= 11 is 0. The highest BCUT2D eigenvalue weighted by molar-refractivity contribution is 5.98. The molecular weight excluding hydrogens is 1120 g/mol. The van der Waals surface area contributed by atoms with Crippen LogP contribution in [0.4, 0.5) is 0 Å². The van der Waals surface area contributed by atoms with Crippen LogP contribution in [0.5, 0.6) is 17.2 Å². The molecule has 0 radical (unpaired) electrons. The van der Waals surface area contributed by atoms with Crippen molar-refractivity contribution in [2.45, 2.75) is 325 Å². The van der Waals surface area contributed by atoms with E-state index in [1.807, 2.05) is 52.8 Å². The van der Waals surface area contributed by atoms with Gasteiger partial charge in [0.15, 0.2) is 6.10 Å². The monoisotopic (exact) mass is 1240 g/mol. The van der Waals surface area contributed by atoms with Crippen molar-refractivity contribution in [3.8, 4) is 17.2 Å². The van der Waals surface area contributed by atoms with Gasteiger partial charge in [0.05, 0.1) is 14.2 Å². The Morgan fingerprint density at radius 1 is 0.539 bits per heavy atom. The van der Waals surface area contributed by atoms with Gasteiger partial charge in [0.1, 0.15) is 49.2 Å². The third kappa shape index (κ3) is 34.0. The molecule has 89 heavy (non-hydrogen) atoms. The number of rotatable bonds is 54. The number of carbonyl (C=O) groups is 6. The number of hydrogen-bond acceptors (Lipinski definition) is 14. The summed E-state index contributed by atoms with van der Waals surface area (Å²) in [5.41, 5.74) is 6.08. The van der Waals surface area contributed by atoms with E-state index in [1.165, 1.54) is 136 Å². The van der Waals surface area contributed by atoms with Crippen molar-refractivity contribution in [2.24, 2.45) is 5.92 Å². The highest BCUT2D eigenvalue weighted by Gasteiger charge is 2.33. The number of unbranched alkanes of at least 4 members (excludes halogenated alkanes) is 29. The smallest absolute Gasteiger partial charge is 0.342 e. The maximum absolute atomic E-state index is 13.2. The van der Waals surface area contributed by atoms with Crippen LogP contribution in [0.1, 0.15) is 322 Å². The van der Waals surface area contributed by atoms with E-state index in [0.717, 1.165) is 110 Å². The average molecular weight is 1250 g/mol. The summed E-state index contributed by atoms with van der Waals surface area (Å²) in [6, 6.07) is 3.86. The molecule has 14 nitrogen and oxygen atoms in total. The van der Waals surface area contributed by atoms with Crippen LogP contribution in [0.25, 0.3) is 0 Å². The Labute approximate surface area is 538 Å². The number of benzene rings is 2. The van der Waals surface area contributed by atoms with Gasteiger partial charge in [0.25, 0.3) is 0 Å². The first-order valence-corrected chi connectivity index (χ1v) is 35.2. The molecule has 1 unspecified atom stereocenters. The number of ether oxygens (including phenoxy) is 8. The third-order valence-electron chi connectivity index (χ3n) is 17.3. The summed E-state index contributed by atoms with van der Waals surface area (Å²) in [7, 11) is 2.97. The van der Waals surface area contributed by atoms with E-state index in [0.29, 0.717) is 66.9 Å². The summed E-state index contributed by atoms with van der Waals surface area (Å²) in [6.45, 7) is 14.2. The van der Waals surface area contributed by atoms with E-state index in [2.05, 4.69) is 13.8 Å². The zero-order chi connectivity index (χ0) is 64.9. The molecule has 0 aromatic heterocycles. The lowest BCUT2D eigenvalue weighted by molar-refractivity contribution is -0.167. The third-order valence-corrected chi connectivity index (χ3v) is 17.3. The fourth-order valence-corrected chi connectivity index (χ4v) is 11.8. The van der Waals surface area contributed by atoms with E-state index in [-0.39, 0.29) is 75.0 Å². The van der Waals surface area contributed by atoms with Gasteiger partial charge < -0.3 is 37.9 Å². The number of esters is 6. The molecule has 0 saturated heterocycles. The first-order valence-electron chi connectivity index (χ1n) is 35.2. The first-order chi connectivity index (χ1) is 43.1. The summed E-state index contributed by atoms with van der Waals surface area (Å²) < 4.78 is 45.6. The predicted octanol–water partition coefficient (Wildman–Crippen LogP) is 19.3. The Morgan fingerprint density at radius 2 is 0.989 bits per heavy atom. The van der Waals surface area contributed by atoms with Crippen molar-refractivity contribution >= 4 is 35.8 Å². The van der Waals surface area contributed by atoms with Gasteiger partial charge in [-0.15, -0.1) is 0 Å². The Bertz CT molecular complexity index is 2320. The zero-order valence-corrected chi connectivity index (χ0v) is 57.2. The van der Waals surface area contributed by atoms with Crippen LogP contribution in [-0.4, -0.2) is 69.4 Å². The number of methoxy groups -OCH3 is 2. The summed E-state index contributed by atoms with van der Waals surface area (Å²) in [4.78, 5) is 76.8. The lowest BCUT2D eigenvalue weighted by Crippen LogP contribution is -2.31. The molecule has 14 heteroatoms. The lowest BCUT2D eigenvalue weighted by Gasteiger charge is -2.20. The fraction of sp³-hybridized carbons (Fsp3) is 0.733. The molecule has 2 aromatic carbocycles. The van der Waals surface area contributed by atoms with Crippen molar-refractivity contribution < 1.29 is 66.7 Å². The fourth-order valence-electron chi connectivity index (χ4n) is 11.8. The van der Waals surface area contributed by atoms with Crippen molar-refractivity contribution in [1.29, 1.82) is 0 Å². The van der Waals surface area contributed by atoms with Gasteiger partial charge in [-0.1, -0.05) is 225 Å². The summed E-state index contributed by atoms with van der Waals surface area (Å²) in [5.74, 6) is -0.398. The molecule has 1 aliphatic heterocycles. The Kier molecular flexibility index (Phi) is 42.3. The van der Waals surface area contributed by atoms with Crippen molar-refractivity contribution in [2.75, 3.05) is 27.4 Å². The molecule has 504 valence electrons. The van der Waals surface area contributed by atoms with Gasteiger partial charge in [0.2, 0.25) is 0 Å². The molecule has 1 atom stereocenters. The second kappa shape index (κ2) is 48.4. The minimum Gasteiger partial charge on any atom is -0.496 e. The second-order valence-electron chi connectivity index (χ2n) is 25.5. The van der Waals surface area contributed by atoms with Crippen LogP contribution in [0.3, 0.4) is 0 Å². The largest absolute Gasteiger partial charge is 0.496 e. The average Bonchev–Trinajstić information content (AvgIpc) is 2.38. The highest BCUT2D eigenvalue weighted by Crippen LogP contribution is 2.43. The number of hydrogen-bond donors (Lipinski definition) is 0. The lowest BCUT2D eigenvalue weighted by atomic mass is 9.94. The quantitative estimate of drug-likeness (QED) is 0.0201. The SMILES string of the molecule is CCCCCCCCCCCCCCCC(=O)OCC(COC(=O)CCCCCCCCCCCCCCC)OC(=O)CC(C)CCCCCCCCC(=O)Oc1c(C)cc(COc2c(C/C=C(\C)CCC(=O)OC)c(OC)c(C)c3c2C(=O)OC3)cc1C. The van der Waals surface area contributed by atoms with Crippen molar-refractivity contribution in [3.63, 3.8) is 0 Å². The Hall–Kier alpha value is -5.40. The van der Waals surface area contributed by atoms with Crippen LogP contribution in [0.15, 0.2) is 23.8 Å². The molecule has 0 spiro atoms. The van der Waals surface area contributed by atoms with E-state index >= 15 is 0 Å². The van der Waals surface area contributed by atoms with E-state index in [9.17, 15) is 28.8 Å². The summed E-state index contributed by atoms with van der Waals surface area (Å²) in [6.07, 6.45) is 41.8. The molecule has 1 aliphatic rings. The number of carbonyl (C=O) groups excluding carboxylic acids is 6. The Morgan fingerprint density at radius 3 is 1.45 bits per heavy atom. The molecule has 0 aliphatic carbocycles. The van der Waals surface area contributed by atoms with Crippen molar-refractivity contribution in [3.05, 3.63) is 62.7 Å². The van der Waals surface area contributed by atoms with Gasteiger partial charge in [-0.3, -0.25) is 24.0 Å². The number of allylic oxidation sites excluding steroid dienone is 2. The highest BCUT2D eigenvalue weighted by atomic mass is 16.6. The normalized spacial score (nSPS) is 12.4. The van der Waals surface area contributed by atoms with Gasteiger partial charge in [0, 0.05) is 43.2 Å². The van der Waals surface area contributed by atoms with Crippen LogP contribution in [-0.2, 0) is 67.3 Å². The molecule has 0 fully saturated rings. The van der Waals surface area contributed by atoms with E-state index in [4.69, 9.17) is 37.9 Å². The number of cyclic esters (lactones) is 1. The maximum atomic E-state index is 13.2. The molecule has 2 aromatic rings. The van der Waals surface area contributed by atoms with Gasteiger partial charge in [-0.2, -0.15) is 0 Å². The molecular formula is C75H120O14. The van der Waals surface area contributed by atoms with Crippen LogP contribution in [0.2, 0.25) is 0 Å². The van der Waals surface area contributed by atoms with E-state index < -0.39 is 12.1 Å². The minimum absolute atomic E-state index is 0.0865. The number of aryl methyl sites for hydroxylation is 2. The molecule has 0 N–H and O–H groups in total. The molecule has 3 rings (SSSR count). The molecule has 0 amide bonds. The van der Waals surface area contributed by atoms with Crippen LogP contribution >= 0.6 is 0 Å². The molecule has 0 bridgehead atoms. The zero-order valence-electron chi connectivity index (χ0n) is 57.2. The van der Waals surface area contributed by atoms with Gasteiger partial charge >= 0.3 is 35.8 Å². The number of fused-ring (bicyclic) bond motifs is 1. The van der Waals surface area contributed by atoms with Crippen molar-refractivity contribution in [1.82, 2.24) is 0 Å².